The molecule has 1 aromatic heterocycles. The zero-order chi connectivity index (χ0) is 12.1. The van der Waals surface area contributed by atoms with E-state index in [1.165, 1.54) is 19.3 Å². The number of ether oxygens (including phenoxy) is 1. The predicted molar refractivity (Wildman–Crippen MR) is 79.7 cm³/mol. The van der Waals surface area contributed by atoms with Gasteiger partial charge in [-0.1, -0.05) is 6.07 Å². The van der Waals surface area contributed by atoms with Crippen molar-refractivity contribution in [3.05, 3.63) is 34.9 Å². The summed E-state index contributed by atoms with van der Waals surface area (Å²) in [4.78, 5) is 4.42. The zero-order valence-corrected chi connectivity index (χ0v) is 12.3. The first-order valence-electron chi connectivity index (χ1n) is 6.53. The van der Waals surface area contributed by atoms with Gasteiger partial charge in [-0.2, -0.15) is 0 Å². The molecular formula is C15H17BrN2O. The van der Waals surface area contributed by atoms with Gasteiger partial charge in [0.05, 0.1) is 5.52 Å². The summed E-state index contributed by atoms with van der Waals surface area (Å²) < 4.78 is 7.27. The third-order valence-electron chi connectivity index (χ3n) is 4.24. The molecule has 4 rings (SSSR count). The van der Waals surface area contributed by atoms with Crippen LogP contribution in [0.4, 0.5) is 0 Å². The summed E-state index contributed by atoms with van der Waals surface area (Å²) in [6.07, 6.45) is 6.20. The van der Waals surface area contributed by atoms with Crippen LogP contribution in [-0.2, 0) is 0 Å². The smallest absolute Gasteiger partial charge is 0.130 e. The Hall–Kier alpha value is -1.13. The Morgan fingerprint density at radius 3 is 2.84 bits per heavy atom. The molecule has 0 radical (unpaired) electrons. The Morgan fingerprint density at radius 1 is 1.21 bits per heavy atom. The molecule has 0 bridgehead atoms. The average molecular weight is 321 g/mol. The van der Waals surface area contributed by atoms with Crippen molar-refractivity contribution in [2.75, 3.05) is 0 Å². The summed E-state index contributed by atoms with van der Waals surface area (Å²) in [5, 5.41) is 1.11. The first kappa shape index (κ1) is 12.9. The standard InChI is InChI=1S/C15H14BrNO.H3N/c16-12-3-1-2-10-14(6-7-17-15(10)12)18-13-5-4-9-8-11(9)13;/h1-3,6-7,9,11,13H,4-5,8H2;1H3. The number of hydrogen-bond donors (Lipinski definition) is 1. The first-order chi connectivity index (χ1) is 8.83. The quantitative estimate of drug-likeness (QED) is 0.895. The van der Waals surface area contributed by atoms with E-state index in [1.807, 2.05) is 24.4 Å². The van der Waals surface area contributed by atoms with Crippen LogP contribution in [0.25, 0.3) is 10.9 Å². The molecule has 0 aliphatic heterocycles. The highest BCUT2D eigenvalue weighted by atomic mass is 79.9. The monoisotopic (exact) mass is 320 g/mol. The van der Waals surface area contributed by atoms with Gasteiger partial charge in [0, 0.05) is 16.1 Å². The fraction of sp³-hybridized carbons (Fsp3) is 0.400. The number of pyridine rings is 1. The van der Waals surface area contributed by atoms with Gasteiger partial charge >= 0.3 is 0 Å². The zero-order valence-electron chi connectivity index (χ0n) is 10.7. The van der Waals surface area contributed by atoms with Crippen LogP contribution in [0.1, 0.15) is 19.3 Å². The van der Waals surface area contributed by atoms with Gasteiger partial charge in [-0.3, -0.25) is 4.98 Å². The second-order valence-electron chi connectivity index (χ2n) is 5.34. The average Bonchev–Trinajstić information content (AvgIpc) is 3.07. The molecular weight excluding hydrogens is 304 g/mol. The molecule has 3 atom stereocenters. The van der Waals surface area contributed by atoms with Crippen LogP contribution in [0.15, 0.2) is 34.9 Å². The maximum absolute atomic E-state index is 6.24. The molecule has 2 saturated carbocycles. The second-order valence-corrected chi connectivity index (χ2v) is 6.19. The number of para-hydroxylation sites is 1. The summed E-state index contributed by atoms with van der Waals surface area (Å²) >= 11 is 3.55. The lowest BCUT2D eigenvalue weighted by atomic mass is 10.2. The van der Waals surface area contributed by atoms with Crippen LogP contribution < -0.4 is 10.9 Å². The fourth-order valence-corrected chi connectivity index (χ4v) is 3.65. The van der Waals surface area contributed by atoms with Crippen molar-refractivity contribution in [2.24, 2.45) is 11.8 Å². The maximum Gasteiger partial charge on any atom is 0.130 e. The lowest BCUT2D eigenvalue weighted by Gasteiger charge is -2.16. The third kappa shape index (κ3) is 2.13. The van der Waals surface area contributed by atoms with Gasteiger partial charge in [0.15, 0.2) is 0 Å². The molecule has 0 spiro atoms. The maximum atomic E-state index is 6.24. The largest absolute Gasteiger partial charge is 0.489 e. The van der Waals surface area contributed by atoms with Crippen molar-refractivity contribution in [1.29, 1.82) is 0 Å². The minimum atomic E-state index is 0. The number of aromatic nitrogens is 1. The van der Waals surface area contributed by atoms with E-state index < -0.39 is 0 Å². The number of fused-ring (bicyclic) bond motifs is 2. The molecule has 2 aliphatic rings. The SMILES string of the molecule is Brc1cccc2c(OC3CCC4CC43)ccnc12.N. The molecule has 1 aromatic carbocycles. The van der Waals surface area contributed by atoms with Gasteiger partial charge in [-0.25, -0.2) is 0 Å². The molecule has 100 valence electrons. The van der Waals surface area contributed by atoms with Crippen molar-refractivity contribution >= 4 is 26.8 Å². The Bertz CT molecular complexity index is 616. The van der Waals surface area contributed by atoms with Crippen LogP contribution >= 0.6 is 15.9 Å². The van der Waals surface area contributed by atoms with Gasteiger partial charge in [-0.15, -0.1) is 0 Å². The fourth-order valence-electron chi connectivity index (χ4n) is 3.18. The van der Waals surface area contributed by atoms with Gasteiger partial charge in [0.25, 0.3) is 0 Å². The summed E-state index contributed by atoms with van der Waals surface area (Å²) in [5.74, 6) is 2.76. The minimum Gasteiger partial charge on any atom is -0.489 e. The molecule has 1 heterocycles. The van der Waals surface area contributed by atoms with Crippen LogP contribution in [-0.4, -0.2) is 11.1 Å². The van der Waals surface area contributed by atoms with Crippen LogP contribution in [0.2, 0.25) is 0 Å². The van der Waals surface area contributed by atoms with Crippen molar-refractivity contribution < 1.29 is 4.74 Å². The number of benzene rings is 1. The molecule has 2 fully saturated rings. The number of nitrogens with zero attached hydrogens (tertiary/aromatic N) is 1. The molecule has 3 nitrogen and oxygen atoms in total. The van der Waals surface area contributed by atoms with Gasteiger partial charge < -0.3 is 10.9 Å². The first-order valence-corrected chi connectivity index (χ1v) is 7.32. The van der Waals surface area contributed by atoms with E-state index >= 15 is 0 Å². The van der Waals surface area contributed by atoms with Gasteiger partial charge in [0.2, 0.25) is 0 Å². The summed E-state index contributed by atoms with van der Waals surface area (Å²) in [5.41, 5.74) is 0.986. The highest BCUT2D eigenvalue weighted by molar-refractivity contribution is 9.10. The molecule has 19 heavy (non-hydrogen) atoms. The van der Waals surface area contributed by atoms with E-state index in [9.17, 15) is 0 Å². The Morgan fingerprint density at radius 2 is 2.11 bits per heavy atom. The lowest BCUT2D eigenvalue weighted by molar-refractivity contribution is 0.188. The molecule has 2 aromatic rings. The van der Waals surface area contributed by atoms with Gasteiger partial charge in [0.1, 0.15) is 11.9 Å². The summed E-state index contributed by atoms with van der Waals surface area (Å²) in [7, 11) is 0. The van der Waals surface area contributed by atoms with E-state index in [-0.39, 0.29) is 6.15 Å². The van der Waals surface area contributed by atoms with Crippen molar-refractivity contribution in [3.8, 4) is 5.75 Å². The number of halogens is 1. The van der Waals surface area contributed by atoms with Crippen LogP contribution in [0.5, 0.6) is 5.75 Å². The highest BCUT2D eigenvalue weighted by Gasteiger charge is 2.49. The highest BCUT2D eigenvalue weighted by Crippen LogP contribution is 2.53. The number of hydrogen-bond acceptors (Lipinski definition) is 3. The van der Waals surface area contributed by atoms with Crippen molar-refractivity contribution in [3.63, 3.8) is 0 Å². The molecule has 0 amide bonds. The third-order valence-corrected chi connectivity index (χ3v) is 4.88. The van der Waals surface area contributed by atoms with E-state index in [2.05, 4.69) is 27.0 Å². The lowest BCUT2D eigenvalue weighted by Crippen LogP contribution is -2.15. The predicted octanol–water partition coefficient (Wildman–Crippen LogP) is 4.34. The number of rotatable bonds is 2. The Labute approximate surface area is 121 Å². The van der Waals surface area contributed by atoms with E-state index in [0.29, 0.717) is 6.10 Å². The molecule has 3 N–H and O–H groups in total. The summed E-state index contributed by atoms with van der Waals surface area (Å²) in [6.45, 7) is 0. The van der Waals surface area contributed by atoms with Crippen LogP contribution in [0, 0.1) is 11.8 Å². The second kappa shape index (κ2) is 4.76. The summed E-state index contributed by atoms with van der Waals surface area (Å²) in [6, 6.07) is 8.13. The van der Waals surface area contributed by atoms with Gasteiger partial charge in [-0.05, 0) is 65.2 Å². The Balaban J connectivity index is 0.00000110. The van der Waals surface area contributed by atoms with E-state index in [1.54, 1.807) is 0 Å². The molecule has 0 saturated heterocycles. The Kier molecular flexibility index (Phi) is 3.23. The van der Waals surface area contributed by atoms with E-state index in [0.717, 1.165) is 33.0 Å². The topological polar surface area (TPSA) is 57.1 Å². The van der Waals surface area contributed by atoms with Crippen LogP contribution in [0.3, 0.4) is 0 Å². The molecule has 2 aliphatic carbocycles. The van der Waals surface area contributed by atoms with Crippen molar-refractivity contribution in [2.45, 2.75) is 25.4 Å². The molecule has 4 heteroatoms. The minimum absolute atomic E-state index is 0. The normalized spacial score (nSPS) is 27.7. The molecule has 3 unspecified atom stereocenters. The van der Waals surface area contributed by atoms with Crippen molar-refractivity contribution in [1.82, 2.24) is 11.1 Å². The van der Waals surface area contributed by atoms with E-state index in [4.69, 9.17) is 4.74 Å².